The smallest absolute Gasteiger partial charge is 0.293 e. The van der Waals surface area contributed by atoms with Crippen LogP contribution in [0.1, 0.15) is 274 Å². The first-order valence-corrected chi connectivity index (χ1v) is 47.2. The number of H-pyrrole nitrogens is 1. The maximum Gasteiger partial charge on any atom is 0.293 e. The second-order valence-corrected chi connectivity index (χ2v) is 39.5. The van der Waals surface area contributed by atoms with E-state index in [2.05, 4.69) is 95.3 Å². The minimum absolute atomic E-state index is 0.0141. The van der Waals surface area contributed by atoms with Crippen molar-refractivity contribution < 1.29 is 88.3 Å². The van der Waals surface area contributed by atoms with E-state index in [4.69, 9.17) is 18.0 Å². The van der Waals surface area contributed by atoms with E-state index >= 15 is 0 Å². The number of hydrogen-bond donors (Lipinski definition) is 9. The number of hydrogen-bond acceptors (Lipinski definition) is 22. The molecule has 6 aliphatic carbocycles. The number of benzene rings is 3. The van der Waals surface area contributed by atoms with Gasteiger partial charge in [-0.1, -0.05) is 35.7 Å². The lowest BCUT2D eigenvalue weighted by molar-refractivity contribution is -0.148. The predicted octanol–water partition coefficient (Wildman–Crippen LogP) is 14.0. The molecule has 21 rings (SSSR count). The van der Waals surface area contributed by atoms with Crippen LogP contribution in [0.15, 0.2) is 84.1 Å². The van der Waals surface area contributed by atoms with Gasteiger partial charge in [0.05, 0.1) is 62.4 Å². The number of nitrogens with zero attached hydrogens (tertiary/aromatic N) is 12. The largest absolute Gasteiger partial charge is 0.340 e. The number of aryl methyl sites for hydroxylation is 3. The van der Waals surface area contributed by atoms with Crippen molar-refractivity contribution in [2.45, 2.75) is 223 Å². The summed E-state index contributed by atoms with van der Waals surface area (Å²) in [5.74, 6) is -13.1. The number of aromatic nitrogens is 12. The van der Waals surface area contributed by atoms with Crippen molar-refractivity contribution >= 4 is 127 Å². The molecular formula is C97H89ClF7N21O12S2. The van der Waals surface area contributed by atoms with Crippen LogP contribution in [0.2, 0.25) is 5.02 Å². The van der Waals surface area contributed by atoms with Crippen molar-refractivity contribution in [1.82, 2.24) is 80.3 Å². The van der Waals surface area contributed by atoms with Crippen molar-refractivity contribution in [2.24, 2.45) is 11.8 Å². The fourth-order valence-electron chi connectivity index (χ4n) is 20.2. The highest BCUT2D eigenvalue weighted by Gasteiger charge is 2.62. The summed E-state index contributed by atoms with van der Waals surface area (Å²) >= 11 is 8.85. The fourth-order valence-corrected chi connectivity index (χ4v) is 22.0. The van der Waals surface area contributed by atoms with Gasteiger partial charge in [0.15, 0.2) is 5.82 Å². The van der Waals surface area contributed by atoms with Crippen molar-refractivity contribution in [2.75, 3.05) is 21.3 Å². The maximum absolute atomic E-state index is 14.7. The minimum Gasteiger partial charge on any atom is -0.340 e. The van der Waals surface area contributed by atoms with Gasteiger partial charge in [0, 0.05) is 102 Å². The molecule has 0 radical (unpaired) electrons. The first-order chi connectivity index (χ1) is 66.5. The van der Waals surface area contributed by atoms with Crippen LogP contribution in [-0.2, 0) is 74.6 Å². The molecule has 0 bridgehead atoms. The average molecular weight is 1970 g/mol. The van der Waals surface area contributed by atoms with Crippen LogP contribution >= 0.6 is 34.3 Å². The van der Waals surface area contributed by atoms with Crippen LogP contribution in [0.25, 0.3) is 0 Å². The Morgan fingerprint density at radius 1 is 0.543 bits per heavy atom. The molecule has 1 unspecified atom stereocenters. The molecule has 33 nitrogen and oxygen atoms in total. The number of nitriles is 1. The third kappa shape index (κ3) is 17.6. The third-order valence-electron chi connectivity index (χ3n) is 27.7. The zero-order valence-corrected chi connectivity index (χ0v) is 78.8. The Morgan fingerprint density at radius 2 is 0.971 bits per heavy atom. The Morgan fingerprint density at radius 3 is 1.39 bits per heavy atom. The number of carbonyl (C=O) groups is 12. The summed E-state index contributed by atoms with van der Waals surface area (Å²) in [5.41, 5.74) is 8.06. The van der Waals surface area contributed by atoms with Crippen molar-refractivity contribution in [3.8, 4) is 18.4 Å². The summed E-state index contributed by atoms with van der Waals surface area (Å²) < 4.78 is 104. The standard InChI is InChI=1S/C25H22N6O3S.C24H22ClF2N3O3.C24H23F4N7O3.C24H22FN5O3S/c1-12-3-4-16(7-15(12)10-26)28-22(33)20-13(2)19(18-9-14-8-17(14)31(18)20)21(32)23(34)29-25(5-6-25)24-30-27-11-35-24;1-4-23(11-24(26,27)12-23)29-22(33)20(31)18-14(3)19(30-9-5-6-17(18)30)21(32)28-15-8-7-13(2)16(25)10-15;1-11-16(20(36)22(38)32-23(9-24(27,28)10-23)15-8-30-34-33-15)14-4-3-7-35(14)19(11)21(37)31-13-5-6-29-18(12(2)25)17(13)26;1-11-3-4-14(9-15(11)25)27-21(32)19-12(2)18(17-8-13-7-16(13)30(17)19)20(31)22(33)28-24(5-6-24)23-29-26-10-34-23/h3-4,7,11,14,17H,5-6,8-9H2,1-2H3,(H,28,33)(H,29,34);1,7-8,10H,5-6,9,11-12H2,2-3H3,(H,28,32)(H,29,33);5-6,8,12H,3-4,7,9-10H2,1-2H3,(H,32,38)(H,29,31,37)(H,30,33,34);3-4,9-10,13,16H,5-8H2,1-2H3,(H,27,32)(H,28,33)/t14-,17-;;;13-,16-/m1..1/s1. The number of halogens is 8. The Kier molecular flexibility index (Phi) is 24.7. The summed E-state index contributed by atoms with van der Waals surface area (Å²) in [6, 6.07) is 18.5. The van der Waals surface area contributed by atoms with Gasteiger partial charge >= 0.3 is 0 Å². The molecular weight excluding hydrogens is 1880 g/mol. The molecule has 722 valence electrons. The number of terminal acetylenes is 1. The van der Waals surface area contributed by atoms with E-state index in [1.165, 1.54) is 47.9 Å². The average Bonchev–Trinajstić information content (AvgIpc) is 1.54. The Bertz CT molecular complexity index is 7200. The molecule has 6 saturated carbocycles. The molecule has 12 heterocycles. The number of rotatable bonds is 24. The molecule has 9 N–H and O–H groups in total. The topological polar surface area (TPSA) is 451 Å². The monoisotopic (exact) mass is 1970 g/mol. The lowest BCUT2D eigenvalue weighted by Crippen LogP contribution is -2.62. The van der Waals surface area contributed by atoms with Crippen molar-refractivity contribution in [3.63, 3.8) is 0 Å². The van der Waals surface area contributed by atoms with Crippen LogP contribution in [0.5, 0.6) is 0 Å². The Balaban J connectivity index is 0.000000124. The van der Waals surface area contributed by atoms with Gasteiger partial charge in [-0.15, -0.1) is 49.5 Å². The quantitative estimate of drug-likeness (QED) is 0.0117. The first-order valence-electron chi connectivity index (χ1n) is 45.1. The van der Waals surface area contributed by atoms with Crippen molar-refractivity contribution in [1.29, 1.82) is 5.26 Å². The molecule has 8 amide bonds. The highest BCUT2D eigenvalue weighted by molar-refractivity contribution is 7.09. The van der Waals surface area contributed by atoms with E-state index in [0.717, 1.165) is 48.5 Å². The summed E-state index contributed by atoms with van der Waals surface area (Å²) in [4.78, 5) is 162. The van der Waals surface area contributed by atoms with E-state index in [9.17, 15) is 93.5 Å². The van der Waals surface area contributed by atoms with Gasteiger partial charge in [-0.25, -0.2) is 30.7 Å². The molecule has 6 fully saturated rings. The Labute approximate surface area is 806 Å². The van der Waals surface area contributed by atoms with Crippen LogP contribution in [0.4, 0.5) is 53.5 Å². The van der Waals surface area contributed by atoms with Crippen LogP contribution < -0.4 is 42.5 Å². The number of aromatic amines is 1. The second kappa shape index (κ2) is 36.0. The number of amides is 8. The van der Waals surface area contributed by atoms with E-state index < -0.39 is 148 Å². The van der Waals surface area contributed by atoms with Crippen LogP contribution in [0, 0.1) is 95.6 Å². The SMILES string of the molecule is C#CC1(NC(=O)C(=O)c2c(C)c(C(=O)Nc3ccc(C)c(Cl)c3)n3c2CCC3)CC(F)(F)C1.Cc1c(C(=O)C(=O)NC2(c3cn[nH]n3)CC(F)(F)C2)c2n(c1C(=O)Nc1ccnc(C(C)F)c1F)CCC2.Cc1ccc(NC(=O)c2c(C)c(C(=O)C(=O)NC3(c4nncs4)CC3)c3n2[C@@H]2C[C@@H]2C3)cc1C#N.Cc1ccc(NC(=O)c2c(C)c(C(=O)C(=O)NC3(c4nncs4)CC3)c3n2[C@@H]2C[C@@H]2C3)cc1F. The maximum atomic E-state index is 14.7. The van der Waals surface area contributed by atoms with E-state index in [1.54, 1.807) is 96.4 Å². The number of carbonyl (C=O) groups excluding carboxylic acids is 12. The molecule has 3 aromatic carbocycles. The van der Waals surface area contributed by atoms with Gasteiger partial charge in [0.25, 0.3) is 82.2 Å². The molecule has 4 aliphatic heterocycles. The predicted molar refractivity (Wildman–Crippen MR) is 493 cm³/mol. The highest BCUT2D eigenvalue weighted by atomic mass is 35.5. The number of alkyl halides is 5. The van der Waals surface area contributed by atoms with Gasteiger partial charge in [-0.3, -0.25) is 62.5 Å². The van der Waals surface area contributed by atoms with Gasteiger partial charge in [-0.2, -0.15) is 20.7 Å². The molecule has 8 aromatic heterocycles. The Hall–Kier alpha value is -14.5. The number of fused-ring (bicyclic) bond motifs is 8. The van der Waals surface area contributed by atoms with E-state index in [-0.39, 0.29) is 57.5 Å². The number of ketones is 4. The van der Waals surface area contributed by atoms with E-state index in [0.29, 0.717) is 183 Å². The number of Topliss-reactive ketones (excluding diaryl/α,β-unsaturated/α-hetero) is 4. The second-order valence-electron chi connectivity index (χ2n) is 37.4. The van der Waals surface area contributed by atoms with Gasteiger partial charge < -0.3 is 60.8 Å². The zero-order valence-electron chi connectivity index (χ0n) is 76.4. The molecule has 0 spiro atoms. The number of anilines is 4. The molecule has 11 aromatic rings. The lowest BCUT2D eigenvalue weighted by Gasteiger charge is -2.46. The summed E-state index contributed by atoms with van der Waals surface area (Å²) in [6.45, 7) is 13.8. The fraction of sp³-hybridized carbons (Fsp3) is 0.381. The van der Waals surface area contributed by atoms with E-state index in [1.807, 2.05) is 23.0 Å². The molecule has 5 atom stereocenters. The normalized spacial score (nSPS) is 19.1. The van der Waals surface area contributed by atoms with Gasteiger partial charge in [0.2, 0.25) is 0 Å². The highest BCUT2D eigenvalue weighted by Crippen LogP contribution is 2.58. The number of nitrogens with one attached hydrogen (secondary N) is 9. The molecule has 10 aliphatic rings. The van der Waals surface area contributed by atoms with Crippen LogP contribution in [-0.4, -0.2) is 147 Å². The first kappa shape index (κ1) is 95.8. The number of pyridine rings is 1. The van der Waals surface area contributed by atoms with Gasteiger partial charge in [0.1, 0.15) is 72.7 Å². The summed E-state index contributed by atoms with van der Waals surface area (Å²) in [5, 5.41) is 58.1. The lowest BCUT2D eigenvalue weighted by atomic mass is 9.71. The summed E-state index contributed by atoms with van der Waals surface area (Å²) in [6.07, 6.45) is 11.4. The third-order valence-corrected chi connectivity index (χ3v) is 29.9. The molecule has 140 heavy (non-hydrogen) atoms. The summed E-state index contributed by atoms with van der Waals surface area (Å²) in [7, 11) is 0. The van der Waals surface area contributed by atoms with Crippen molar-refractivity contribution in [3.05, 3.63) is 234 Å². The molecule has 0 saturated heterocycles. The van der Waals surface area contributed by atoms with Crippen LogP contribution in [0.3, 0.4) is 0 Å². The molecule has 43 heteroatoms. The van der Waals surface area contributed by atoms with Gasteiger partial charge in [-0.05, 0) is 226 Å². The zero-order chi connectivity index (χ0) is 99.8. The minimum atomic E-state index is -3.05.